The van der Waals surface area contributed by atoms with E-state index in [1.54, 1.807) is 47.2 Å². The normalized spacial score (nSPS) is 24.9. The molecule has 0 aliphatic carbocycles. The lowest BCUT2D eigenvalue weighted by molar-refractivity contribution is -0.147. The van der Waals surface area contributed by atoms with E-state index in [1.807, 2.05) is 6.08 Å². The molecule has 2 amide bonds. The maximum absolute atomic E-state index is 13.7. The van der Waals surface area contributed by atoms with Crippen molar-refractivity contribution in [3.05, 3.63) is 42.1 Å². The number of benzene rings is 1. The summed E-state index contributed by atoms with van der Waals surface area (Å²) in [5.74, 6) is 1.30. The Balaban J connectivity index is 1.36. The summed E-state index contributed by atoms with van der Waals surface area (Å²) in [6, 6.07) is 3.40. The Morgan fingerprint density at radius 3 is 2.56 bits per heavy atom. The summed E-state index contributed by atoms with van der Waals surface area (Å²) >= 11 is 0. The molecule has 1 atom stereocenters. The van der Waals surface area contributed by atoms with Crippen LogP contribution in [0.3, 0.4) is 0 Å². The number of amides is 2. The van der Waals surface area contributed by atoms with Gasteiger partial charge in [-0.1, -0.05) is 6.08 Å². The highest BCUT2D eigenvalue weighted by Gasteiger charge is 2.50. The number of carbonyl (C=O) groups excluding carboxylic acids is 3. The van der Waals surface area contributed by atoms with Crippen LogP contribution in [0.2, 0.25) is 0 Å². The van der Waals surface area contributed by atoms with Gasteiger partial charge < -0.3 is 24.0 Å². The first-order valence-corrected chi connectivity index (χ1v) is 11.3. The summed E-state index contributed by atoms with van der Waals surface area (Å²) in [7, 11) is 3.05. The molecule has 9 nitrogen and oxygen atoms in total. The summed E-state index contributed by atoms with van der Waals surface area (Å²) < 4.78 is 17.3. The SMILES string of the molecule is COc1ccc2c(c1OC)OC1(CCN(C(=O)C3(C)CC(=O)N=C4C=CC=CN43)CC1)CC2=O. The quantitative estimate of drug-likeness (QED) is 0.677. The van der Waals surface area contributed by atoms with E-state index in [0.717, 1.165) is 0 Å². The number of amidine groups is 1. The van der Waals surface area contributed by atoms with Crippen LogP contribution >= 0.6 is 0 Å². The highest BCUT2D eigenvalue weighted by molar-refractivity contribution is 6.09. The fraction of sp³-hybridized carbons (Fsp3) is 0.440. The second-order valence-corrected chi connectivity index (χ2v) is 9.24. The van der Waals surface area contributed by atoms with Gasteiger partial charge in [0.2, 0.25) is 11.7 Å². The zero-order chi connectivity index (χ0) is 24.1. The van der Waals surface area contributed by atoms with Gasteiger partial charge in [0, 0.05) is 32.1 Å². The molecule has 4 aliphatic rings. The number of likely N-dealkylation sites (tertiary alicyclic amines) is 1. The molecule has 0 bridgehead atoms. The molecule has 1 fully saturated rings. The molecule has 1 spiro atoms. The van der Waals surface area contributed by atoms with Crippen LogP contribution in [-0.4, -0.2) is 71.7 Å². The van der Waals surface area contributed by atoms with Crippen LogP contribution in [0.25, 0.3) is 0 Å². The number of allylic oxidation sites excluding steroid dienone is 2. The van der Waals surface area contributed by atoms with Gasteiger partial charge in [-0.25, -0.2) is 0 Å². The van der Waals surface area contributed by atoms with E-state index in [4.69, 9.17) is 14.2 Å². The Morgan fingerprint density at radius 1 is 1.09 bits per heavy atom. The average Bonchev–Trinajstić information content (AvgIpc) is 2.83. The van der Waals surface area contributed by atoms with E-state index in [1.165, 1.54) is 14.2 Å². The first kappa shape index (κ1) is 22.2. The van der Waals surface area contributed by atoms with E-state index < -0.39 is 11.1 Å². The van der Waals surface area contributed by atoms with E-state index in [0.29, 0.717) is 54.6 Å². The molecule has 4 heterocycles. The van der Waals surface area contributed by atoms with Crippen molar-refractivity contribution in [2.75, 3.05) is 27.3 Å². The average molecular weight is 466 g/mol. The van der Waals surface area contributed by atoms with Gasteiger partial charge in [0.25, 0.3) is 5.91 Å². The number of ketones is 1. The van der Waals surface area contributed by atoms with Crippen LogP contribution in [0.5, 0.6) is 17.2 Å². The highest BCUT2D eigenvalue weighted by atomic mass is 16.5. The third-order valence-electron chi connectivity index (χ3n) is 7.13. The number of hydrogen-bond donors (Lipinski definition) is 0. The van der Waals surface area contributed by atoms with Crippen LogP contribution in [-0.2, 0) is 9.59 Å². The number of piperidine rings is 1. The van der Waals surface area contributed by atoms with Crippen LogP contribution in [0.4, 0.5) is 0 Å². The van der Waals surface area contributed by atoms with Gasteiger partial charge in [-0.2, -0.15) is 4.99 Å². The molecule has 9 heteroatoms. The summed E-state index contributed by atoms with van der Waals surface area (Å²) in [4.78, 5) is 46.6. The molecule has 0 N–H and O–H groups in total. The molecule has 0 aromatic heterocycles. The molecule has 0 radical (unpaired) electrons. The van der Waals surface area contributed by atoms with Crippen molar-refractivity contribution < 1.29 is 28.6 Å². The Kier molecular flexibility index (Phi) is 5.22. The lowest BCUT2D eigenvalue weighted by Crippen LogP contribution is -2.63. The molecule has 178 valence electrons. The lowest BCUT2D eigenvalue weighted by Gasteiger charge is -2.48. The first-order valence-electron chi connectivity index (χ1n) is 11.3. The zero-order valence-electron chi connectivity index (χ0n) is 19.5. The van der Waals surface area contributed by atoms with Gasteiger partial charge in [-0.15, -0.1) is 0 Å². The number of carbonyl (C=O) groups is 3. The number of fused-ring (bicyclic) bond motifs is 2. The second kappa shape index (κ2) is 8.00. The minimum absolute atomic E-state index is 0.00844. The third-order valence-corrected chi connectivity index (χ3v) is 7.13. The Bertz CT molecular complexity index is 1160. The fourth-order valence-corrected chi connectivity index (χ4v) is 5.26. The van der Waals surface area contributed by atoms with Crippen LogP contribution in [0.1, 0.15) is 43.0 Å². The Morgan fingerprint density at radius 2 is 1.85 bits per heavy atom. The standard InChI is InChI=1S/C25H27N3O6/c1-24(15-20(30)26-19-6-4-5-11-28(19)24)23(31)27-12-9-25(10-13-27)14-17(29)16-7-8-18(32-2)22(33-3)21(16)34-25/h4-8,11H,9-10,12-15H2,1-3H3. The summed E-state index contributed by atoms with van der Waals surface area (Å²) in [5, 5.41) is 0. The molecule has 4 aliphatic heterocycles. The minimum Gasteiger partial charge on any atom is -0.493 e. The van der Waals surface area contributed by atoms with Crippen LogP contribution < -0.4 is 14.2 Å². The topological polar surface area (TPSA) is 97.7 Å². The van der Waals surface area contributed by atoms with Crippen molar-refractivity contribution >= 4 is 23.4 Å². The number of Topliss-reactive ketones (excluding diaryl/α,β-unsaturated/α-hetero) is 1. The number of nitrogens with zero attached hydrogens (tertiary/aromatic N) is 3. The molecule has 0 saturated carbocycles. The van der Waals surface area contributed by atoms with Gasteiger partial charge in [0.15, 0.2) is 17.3 Å². The van der Waals surface area contributed by atoms with Crippen LogP contribution in [0, 0.1) is 0 Å². The van der Waals surface area contributed by atoms with Gasteiger partial charge >= 0.3 is 0 Å². The maximum atomic E-state index is 13.7. The van der Waals surface area contributed by atoms with Gasteiger partial charge in [-0.3, -0.25) is 14.4 Å². The summed E-state index contributed by atoms with van der Waals surface area (Å²) in [6.45, 7) is 2.61. The smallest absolute Gasteiger partial charge is 0.250 e. The molecule has 1 aromatic rings. The molecule has 1 saturated heterocycles. The lowest BCUT2D eigenvalue weighted by atomic mass is 9.81. The minimum atomic E-state index is -1.05. The number of ether oxygens (including phenoxy) is 3. The summed E-state index contributed by atoms with van der Waals surface area (Å²) in [6.07, 6.45) is 8.37. The van der Waals surface area contributed by atoms with Crippen molar-refractivity contribution in [1.82, 2.24) is 9.80 Å². The molecule has 1 unspecified atom stereocenters. The first-order chi connectivity index (χ1) is 16.3. The Hall–Kier alpha value is -3.62. The Labute approximate surface area is 197 Å². The maximum Gasteiger partial charge on any atom is 0.250 e. The molecule has 5 rings (SSSR count). The zero-order valence-corrected chi connectivity index (χ0v) is 19.5. The van der Waals surface area contributed by atoms with E-state index >= 15 is 0 Å². The number of rotatable bonds is 3. The highest BCUT2D eigenvalue weighted by Crippen LogP contribution is 2.48. The van der Waals surface area contributed by atoms with Gasteiger partial charge in [0.05, 0.1) is 32.6 Å². The van der Waals surface area contributed by atoms with Crippen molar-refractivity contribution in [3.63, 3.8) is 0 Å². The van der Waals surface area contributed by atoms with E-state index in [-0.39, 0.29) is 30.4 Å². The predicted octanol–water partition coefficient (Wildman–Crippen LogP) is 2.50. The number of methoxy groups -OCH3 is 2. The van der Waals surface area contributed by atoms with Gasteiger partial charge in [-0.05, 0) is 31.2 Å². The molecular formula is C25H27N3O6. The molecule has 34 heavy (non-hydrogen) atoms. The van der Waals surface area contributed by atoms with Crippen molar-refractivity contribution in [2.45, 2.75) is 43.7 Å². The van der Waals surface area contributed by atoms with Crippen LogP contribution in [0.15, 0.2) is 41.6 Å². The third kappa shape index (κ3) is 3.38. The molecular weight excluding hydrogens is 438 g/mol. The summed E-state index contributed by atoms with van der Waals surface area (Å²) in [5.41, 5.74) is -1.29. The van der Waals surface area contributed by atoms with E-state index in [2.05, 4.69) is 4.99 Å². The largest absolute Gasteiger partial charge is 0.493 e. The van der Waals surface area contributed by atoms with Gasteiger partial charge in [0.1, 0.15) is 17.0 Å². The fourth-order valence-electron chi connectivity index (χ4n) is 5.26. The molecule has 1 aromatic carbocycles. The van der Waals surface area contributed by atoms with Crippen molar-refractivity contribution in [1.29, 1.82) is 0 Å². The number of aliphatic imine (C=N–C) groups is 1. The van der Waals surface area contributed by atoms with Crippen molar-refractivity contribution in [2.24, 2.45) is 4.99 Å². The number of hydrogen-bond acceptors (Lipinski definition) is 7. The second-order valence-electron chi connectivity index (χ2n) is 9.24. The van der Waals surface area contributed by atoms with E-state index in [9.17, 15) is 14.4 Å². The predicted molar refractivity (Wildman–Crippen MR) is 123 cm³/mol. The monoisotopic (exact) mass is 465 g/mol. The van der Waals surface area contributed by atoms with Crippen molar-refractivity contribution in [3.8, 4) is 17.2 Å².